The molecule has 0 unspecified atom stereocenters. The number of H-pyrrole nitrogens is 2. The first-order chi connectivity index (χ1) is 28.2. The summed E-state index contributed by atoms with van der Waals surface area (Å²) >= 11 is 0. The van der Waals surface area contributed by atoms with E-state index in [-0.39, 0.29) is 41.6 Å². The van der Waals surface area contributed by atoms with E-state index in [4.69, 9.17) is 19.4 Å². The van der Waals surface area contributed by atoms with Gasteiger partial charge in [0.1, 0.15) is 36.1 Å². The van der Waals surface area contributed by atoms with Crippen LogP contribution in [0.1, 0.15) is 83.7 Å². The van der Waals surface area contributed by atoms with Crippen molar-refractivity contribution in [3.8, 4) is 28.1 Å². The minimum Gasteiger partial charge on any atom is -0.495 e. The molecule has 310 valence electrons. The maximum Gasteiger partial charge on any atom is 0.246 e. The van der Waals surface area contributed by atoms with Gasteiger partial charge in [-0.3, -0.25) is 9.59 Å². The molecule has 2 saturated heterocycles. The van der Waals surface area contributed by atoms with Gasteiger partial charge in [-0.25, -0.2) is 9.97 Å². The molecule has 3 aromatic carbocycles. The summed E-state index contributed by atoms with van der Waals surface area (Å²) in [6.07, 6.45) is 3.46. The van der Waals surface area contributed by atoms with Crippen LogP contribution < -0.4 is 15.4 Å². The first-order valence-corrected chi connectivity index (χ1v) is 20.7. The number of fused-ring (bicyclic) bond motifs is 6. The van der Waals surface area contributed by atoms with E-state index in [1.54, 1.807) is 7.11 Å². The summed E-state index contributed by atoms with van der Waals surface area (Å²) in [5, 5.41) is 17.9. The van der Waals surface area contributed by atoms with Gasteiger partial charge in [0.2, 0.25) is 11.8 Å². The Bertz CT molecular complexity index is 2450. The number of hydrogen-bond acceptors (Lipinski definition) is 9. The fourth-order valence-electron chi connectivity index (χ4n) is 9.18. The lowest BCUT2D eigenvalue weighted by atomic mass is 9.92. The predicted octanol–water partition coefficient (Wildman–Crippen LogP) is 7.86. The van der Waals surface area contributed by atoms with Gasteiger partial charge in [-0.2, -0.15) is 0 Å². The van der Waals surface area contributed by atoms with Crippen LogP contribution >= 0.6 is 0 Å². The Morgan fingerprint density at radius 2 is 1.54 bits per heavy atom. The number of nitrogens with one attached hydrogen (secondary N) is 4. The van der Waals surface area contributed by atoms with Gasteiger partial charge in [0.25, 0.3) is 0 Å². The van der Waals surface area contributed by atoms with Crippen LogP contribution in [0.25, 0.3) is 44.2 Å². The second-order valence-electron chi connectivity index (χ2n) is 17.5. The van der Waals surface area contributed by atoms with E-state index in [0.717, 1.165) is 80.0 Å². The van der Waals surface area contributed by atoms with E-state index in [1.165, 1.54) is 0 Å². The third-order valence-electron chi connectivity index (χ3n) is 12.2. The zero-order valence-corrected chi connectivity index (χ0v) is 35.1. The number of hydrogen-bond donors (Lipinski definition) is 5. The van der Waals surface area contributed by atoms with Crippen molar-refractivity contribution in [1.82, 2.24) is 40.4 Å². The van der Waals surface area contributed by atoms with E-state index in [2.05, 4.69) is 90.1 Å². The number of carbonyl (C=O) groups excluding carboxylic acids is 2. The van der Waals surface area contributed by atoms with Crippen molar-refractivity contribution in [2.45, 2.75) is 85.2 Å². The lowest BCUT2D eigenvalue weighted by Crippen LogP contribution is -2.49. The van der Waals surface area contributed by atoms with Gasteiger partial charge < -0.3 is 45.0 Å². The van der Waals surface area contributed by atoms with Crippen LogP contribution in [0.4, 0.5) is 0 Å². The number of benzene rings is 3. The van der Waals surface area contributed by atoms with Crippen LogP contribution in [0.5, 0.6) is 5.75 Å². The number of nitrogens with zero attached hydrogens (tertiary/aromatic N) is 4. The molecule has 0 aliphatic carbocycles. The Morgan fingerprint density at radius 1 is 0.881 bits per heavy atom. The Balaban J connectivity index is 1.05. The smallest absolute Gasteiger partial charge is 0.246 e. The van der Waals surface area contributed by atoms with Crippen molar-refractivity contribution >= 4 is 33.6 Å². The Morgan fingerprint density at radius 3 is 2.19 bits per heavy atom. The lowest BCUT2D eigenvalue weighted by molar-refractivity contribution is -0.136. The maximum atomic E-state index is 13.9. The minimum absolute atomic E-state index is 0.0117. The average molecular weight is 801 g/mol. The molecule has 0 bridgehead atoms. The fourth-order valence-corrected chi connectivity index (χ4v) is 9.18. The van der Waals surface area contributed by atoms with Gasteiger partial charge >= 0.3 is 0 Å². The standard InChI is InChI=1S/C46H56N8O5/c1-23(2)40(48-27(7)55)45(56)54-21-26(6)15-38(54)44-50-35-13-11-29-17-34-32-12-10-30(16-31(32)22-59-39(34)18-33(29)42(35)52-44)36-19-47-43(51-36)37-14-25(5)20-53(37)46(57)41(24(3)4)49-28(8)58-9/h10-13,16-19,23-26,37-38,40-41,48-49,55H,7-8,14-15,20-22H2,1-6,9H3,(H,47,51)(H,50,52)/t25-,26-,37-,38-,40-,41-/m0/s1. The first kappa shape index (κ1) is 39.8. The van der Waals surface area contributed by atoms with Crippen LogP contribution in [-0.4, -0.2) is 78.9 Å². The molecular formula is C46H56N8O5. The average Bonchev–Trinajstić information content (AvgIpc) is 4.02. The van der Waals surface area contributed by atoms with Crippen LogP contribution in [0, 0.1) is 23.7 Å². The predicted molar refractivity (Wildman–Crippen MR) is 229 cm³/mol. The van der Waals surface area contributed by atoms with Gasteiger partial charge in [0, 0.05) is 24.0 Å². The largest absolute Gasteiger partial charge is 0.495 e. The van der Waals surface area contributed by atoms with E-state index in [0.29, 0.717) is 37.4 Å². The summed E-state index contributed by atoms with van der Waals surface area (Å²) < 4.78 is 11.7. The molecule has 3 aliphatic rings. The van der Waals surface area contributed by atoms with E-state index >= 15 is 0 Å². The molecule has 59 heavy (non-hydrogen) atoms. The van der Waals surface area contributed by atoms with Gasteiger partial charge in [-0.05, 0) is 96.0 Å². The van der Waals surface area contributed by atoms with Crippen molar-refractivity contribution < 1.29 is 24.2 Å². The van der Waals surface area contributed by atoms with Crippen molar-refractivity contribution in [3.05, 3.63) is 90.8 Å². The molecule has 0 radical (unpaired) electrons. The molecule has 5 aromatic rings. The summed E-state index contributed by atoms with van der Waals surface area (Å²) in [5.41, 5.74) is 6.81. The Kier molecular flexibility index (Phi) is 10.6. The summed E-state index contributed by atoms with van der Waals surface area (Å²) in [7, 11) is 1.54. The van der Waals surface area contributed by atoms with Gasteiger partial charge in [-0.15, -0.1) is 0 Å². The van der Waals surface area contributed by atoms with Crippen molar-refractivity contribution in [3.63, 3.8) is 0 Å². The quantitative estimate of drug-likeness (QED) is 0.0792. The lowest BCUT2D eigenvalue weighted by Gasteiger charge is -2.31. The Hall–Kier alpha value is -5.98. The number of amides is 2. The number of imidazole rings is 2. The van der Waals surface area contributed by atoms with E-state index in [1.807, 2.05) is 43.7 Å². The zero-order valence-electron chi connectivity index (χ0n) is 35.1. The highest BCUT2D eigenvalue weighted by Gasteiger charge is 2.41. The van der Waals surface area contributed by atoms with Crippen LogP contribution in [0.15, 0.2) is 73.6 Å². The minimum atomic E-state index is -0.595. The van der Waals surface area contributed by atoms with E-state index in [9.17, 15) is 14.7 Å². The van der Waals surface area contributed by atoms with Crippen LogP contribution in [-0.2, 0) is 20.9 Å². The summed E-state index contributed by atoms with van der Waals surface area (Å²) in [5.74, 6) is 3.02. The molecule has 13 heteroatoms. The van der Waals surface area contributed by atoms with Crippen molar-refractivity contribution in [2.75, 3.05) is 20.2 Å². The summed E-state index contributed by atoms with van der Waals surface area (Å²) in [6, 6.07) is 13.4. The first-order valence-electron chi connectivity index (χ1n) is 20.7. The highest BCUT2D eigenvalue weighted by atomic mass is 16.5. The number of aliphatic hydroxyl groups excluding tert-OH is 1. The maximum absolute atomic E-state index is 13.9. The molecule has 2 amide bonds. The molecule has 3 aliphatic heterocycles. The SMILES string of the molecule is C=C(O)N[C@H](C(=O)N1C[C@@H](C)C[C@H]1c1nc2c(ccc3cc4c(cc32)OCc2cc(-c3cnc([C@@H]5C[C@H](C)CN5C(=O)[C@@H](NC(=C)OC)C(C)C)[nH]3)ccc2-4)[nH]1)C(C)C. The highest BCUT2D eigenvalue weighted by Crippen LogP contribution is 2.44. The molecule has 6 atom stereocenters. The van der Waals surface area contributed by atoms with Crippen molar-refractivity contribution in [2.24, 2.45) is 23.7 Å². The molecule has 8 rings (SSSR count). The number of rotatable bonds is 12. The second kappa shape index (κ2) is 15.6. The van der Waals surface area contributed by atoms with Crippen molar-refractivity contribution in [1.29, 1.82) is 0 Å². The number of methoxy groups -OCH3 is 1. The topological polar surface area (TPSA) is 161 Å². The number of carbonyl (C=O) groups is 2. The molecule has 2 aromatic heterocycles. The number of aromatic nitrogens is 4. The van der Waals surface area contributed by atoms with Gasteiger partial charge in [0.05, 0.1) is 42.1 Å². The third kappa shape index (κ3) is 7.47. The monoisotopic (exact) mass is 800 g/mol. The fraction of sp³-hybridized carbons (Fsp3) is 0.435. The number of aromatic amines is 2. The summed E-state index contributed by atoms with van der Waals surface area (Å²) in [4.78, 5) is 48.6. The number of likely N-dealkylation sites (tertiary alicyclic amines) is 2. The van der Waals surface area contributed by atoms with E-state index < -0.39 is 12.1 Å². The van der Waals surface area contributed by atoms with Gasteiger partial charge in [-0.1, -0.05) is 59.7 Å². The second-order valence-corrected chi connectivity index (χ2v) is 17.5. The van der Waals surface area contributed by atoms with Gasteiger partial charge in [0.15, 0.2) is 11.8 Å². The molecule has 13 nitrogen and oxygen atoms in total. The number of ether oxygens (including phenoxy) is 2. The zero-order chi connectivity index (χ0) is 41.9. The summed E-state index contributed by atoms with van der Waals surface area (Å²) in [6.45, 7) is 21.4. The molecule has 5 N–H and O–H groups in total. The van der Waals surface area contributed by atoms with Crippen LogP contribution in [0.2, 0.25) is 0 Å². The molecule has 2 fully saturated rings. The molecule has 5 heterocycles. The van der Waals surface area contributed by atoms with Crippen LogP contribution in [0.3, 0.4) is 0 Å². The third-order valence-corrected chi connectivity index (χ3v) is 12.2. The Labute approximate surface area is 345 Å². The highest BCUT2D eigenvalue weighted by molar-refractivity contribution is 6.07. The molecular weight excluding hydrogens is 745 g/mol. The molecule has 0 spiro atoms. The normalized spacial score (nSPS) is 21.0. The molecule has 0 saturated carbocycles. The number of aliphatic hydroxyl groups is 1.